The van der Waals surface area contributed by atoms with Crippen LogP contribution in [0.25, 0.3) is 0 Å². The zero-order valence-corrected chi connectivity index (χ0v) is 13.7. The Kier molecular flexibility index (Phi) is 5.89. The Morgan fingerprint density at radius 1 is 1.15 bits per heavy atom. The molecule has 1 N–H and O–H groups in total. The SMILES string of the molecule is CCNCc1cccc(COc2ccc(Cl)cc2Br)c1. The molecule has 0 saturated carbocycles. The van der Waals surface area contributed by atoms with Crippen molar-refractivity contribution in [1.29, 1.82) is 0 Å². The summed E-state index contributed by atoms with van der Waals surface area (Å²) < 4.78 is 6.68. The van der Waals surface area contributed by atoms with E-state index in [2.05, 4.69) is 52.4 Å². The summed E-state index contributed by atoms with van der Waals surface area (Å²) in [5.74, 6) is 0.798. The van der Waals surface area contributed by atoms with Crippen molar-refractivity contribution in [1.82, 2.24) is 5.32 Å². The van der Waals surface area contributed by atoms with Crippen LogP contribution in [0.5, 0.6) is 5.75 Å². The Morgan fingerprint density at radius 3 is 2.70 bits per heavy atom. The Balaban J connectivity index is 1.99. The Labute approximate surface area is 133 Å². The number of benzene rings is 2. The molecule has 2 nitrogen and oxygen atoms in total. The van der Waals surface area contributed by atoms with Gasteiger partial charge < -0.3 is 10.1 Å². The second kappa shape index (κ2) is 7.67. The van der Waals surface area contributed by atoms with Gasteiger partial charge in [0.1, 0.15) is 12.4 Å². The first kappa shape index (κ1) is 15.4. The van der Waals surface area contributed by atoms with Gasteiger partial charge in [0.2, 0.25) is 0 Å². The largest absolute Gasteiger partial charge is 0.488 e. The molecule has 4 heteroatoms. The van der Waals surface area contributed by atoms with Crippen molar-refractivity contribution in [2.24, 2.45) is 0 Å². The third-order valence-corrected chi connectivity index (χ3v) is 3.71. The van der Waals surface area contributed by atoms with Crippen molar-refractivity contribution in [2.75, 3.05) is 6.54 Å². The van der Waals surface area contributed by atoms with E-state index >= 15 is 0 Å². The highest BCUT2D eigenvalue weighted by atomic mass is 79.9. The average Bonchev–Trinajstić information content (AvgIpc) is 2.45. The summed E-state index contributed by atoms with van der Waals surface area (Å²) in [6, 6.07) is 13.9. The van der Waals surface area contributed by atoms with Crippen molar-refractivity contribution in [2.45, 2.75) is 20.1 Å². The zero-order chi connectivity index (χ0) is 14.4. The summed E-state index contributed by atoms with van der Waals surface area (Å²) in [6.07, 6.45) is 0. The molecule has 0 atom stereocenters. The molecular formula is C16H17BrClNO. The van der Waals surface area contributed by atoms with Gasteiger partial charge in [-0.25, -0.2) is 0 Å². The van der Waals surface area contributed by atoms with Gasteiger partial charge in [-0.3, -0.25) is 0 Å². The minimum atomic E-state index is 0.542. The number of hydrogen-bond acceptors (Lipinski definition) is 2. The number of rotatable bonds is 6. The molecule has 0 fully saturated rings. The lowest BCUT2D eigenvalue weighted by molar-refractivity contribution is 0.304. The topological polar surface area (TPSA) is 21.3 Å². The van der Waals surface area contributed by atoms with Gasteiger partial charge >= 0.3 is 0 Å². The minimum Gasteiger partial charge on any atom is -0.488 e. The predicted molar refractivity (Wildman–Crippen MR) is 87.3 cm³/mol. The van der Waals surface area contributed by atoms with E-state index in [4.69, 9.17) is 16.3 Å². The van der Waals surface area contributed by atoms with Crippen molar-refractivity contribution in [3.8, 4) is 5.75 Å². The van der Waals surface area contributed by atoms with E-state index in [1.807, 2.05) is 18.2 Å². The first-order valence-electron chi connectivity index (χ1n) is 6.55. The summed E-state index contributed by atoms with van der Waals surface area (Å²) in [5.41, 5.74) is 2.42. The second-order valence-corrected chi connectivity index (χ2v) is 5.75. The Morgan fingerprint density at radius 2 is 1.95 bits per heavy atom. The average molecular weight is 355 g/mol. The molecule has 0 heterocycles. The predicted octanol–water partition coefficient (Wildman–Crippen LogP) is 4.79. The summed E-state index contributed by atoms with van der Waals surface area (Å²) in [4.78, 5) is 0. The van der Waals surface area contributed by atoms with E-state index in [1.54, 1.807) is 0 Å². The first-order chi connectivity index (χ1) is 9.69. The van der Waals surface area contributed by atoms with Crippen LogP contribution >= 0.6 is 27.5 Å². The fourth-order valence-electron chi connectivity index (χ4n) is 1.85. The van der Waals surface area contributed by atoms with Crippen molar-refractivity contribution in [3.63, 3.8) is 0 Å². The van der Waals surface area contributed by atoms with Crippen molar-refractivity contribution < 1.29 is 4.74 Å². The number of hydrogen-bond donors (Lipinski definition) is 1. The fourth-order valence-corrected chi connectivity index (χ4v) is 2.65. The summed E-state index contributed by atoms with van der Waals surface area (Å²) >= 11 is 9.36. The quantitative estimate of drug-likeness (QED) is 0.805. The molecule has 0 aliphatic carbocycles. The highest BCUT2D eigenvalue weighted by molar-refractivity contribution is 9.10. The minimum absolute atomic E-state index is 0.542. The summed E-state index contributed by atoms with van der Waals surface area (Å²) in [7, 11) is 0. The molecule has 0 aliphatic heterocycles. The van der Waals surface area contributed by atoms with Crippen LogP contribution in [-0.2, 0) is 13.2 Å². The van der Waals surface area contributed by atoms with Crippen LogP contribution in [0.1, 0.15) is 18.1 Å². The summed E-state index contributed by atoms with van der Waals surface area (Å²) in [5, 5.41) is 4.01. The Bertz CT molecular complexity index is 574. The van der Waals surface area contributed by atoms with Gasteiger partial charge in [-0.05, 0) is 51.8 Å². The maximum Gasteiger partial charge on any atom is 0.134 e. The lowest BCUT2D eigenvalue weighted by atomic mass is 10.1. The van der Waals surface area contributed by atoms with Gasteiger partial charge in [0.15, 0.2) is 0 Å². The second-order valence-electron chi connectivity index (χ2n) is 4.46. The molecule has 0 saturated heterocycles. The van der Waals surface area contributed by atoms with E-state index in [-0.39, 0.29) is 0 Å². The molecule has 2 aromatic carbocycles. The van der Waals surface area contributed by atoms with E-state index in [0.29, 0.717) is 11.6 Å². The lowest BCUT2D eigenvalue weighted by Crippen LogP contribution is -2.11. The highest BCUT2D eigenvalue weighted by Crippen LogP contribution is 2.28. The molecule has 0 unspecified atom stereocenters. The molecule has 0 aromatic heterocycles. The van der Waals surface area contributed by atoms with Crippen LogP contribution in [0, 0.1) is 0 Å². The molecule has 2 rings (SSSR count). The van der Waals surface area contributed by atoms with Gasteiger partial charge in [-0.1, -0.05) is 42.8 Å². The third kappa shape index (κ3) is 4.51. The molecule has 0 spiro atoms. The van der Waals surface area contributed by atoms with Crippen LogP contribution in [-0.4, -0.2) is 6.54 Å². The highest BCUT2D eigenvalue weighted by Gasteiger charge is 2.03. The number of nitrogens with one attached hydrogen (secondary N) is 1. The van der Waals surface area contributed by atoms with E-state index in [9.17, 15) is 0 Å². The summed E-state index contributed by atoms with van der Waals surface area (Å²) in [6.45, 7) is 4.50. The van der Waals surface area contributed by atoms with Gasteiger partial charge in [0.05, 0.1) is 4.47 Å². The molecule has 0 aliphatic rings. The zero-order valence-electron chi connectivity index (χ0n) is 11.3. The third-order valence-electron chi connectivity index (χ3n) is 2.86. The van der Waals surface area contributed by atoms with Crippen LogP contribution in [0.15, 0.2) is 46.9 Å². The van der Waals surface area contributed by atoms with E-state index in [1.165, 1.54) is 5.56 Å². The standard InChI is InChI=1S/C16H17BrClNO/c1-2-19-10-12-4-3-5-13(8-12)11-20-16-7-6-14(18)9-15(16)17/h3-9,19H,2,10-11H2,1H3. The van der Waals surface area contributed by atoms with Gasteiger partial charge in [0.25, 0.3) is 0 Å². The van der Waals surface area contributed by atoms with Crippen LogP contribution in [0.2, 0.25) is 5.02 Å². The molecule has 106 valence electrons. The van der Waals surface area contributed by atoms with Crippen molar-refractivity contribution >= 4 is 27.5 Å². The first-order valence-corrected chi connectivity index (χ1v) is 7.72. The van der Waals surface area contributed by atoms with Crippen molar-refractivity contribution in [3.05, 3.63) is 63.1 Å². The van der Waals surface area contributed by atoms with Crippen LogP contribution in [0.4, 0.5) is 0 Å². The van der Waals surface area contributed by atoms with Gasteiger partial charge in [0, 0.05) is 11.6 Å². The van der Waals surface area contributed by atoms with Gasteiger partial charge in [-0.2, -0.15) is 0 Å². The monoisotopic (exact) mass is 353 g/mol. The Hall–Kier alpha value is -1.03. The van der Waals surface area contributed by atoms with Crippen LogP contribution in [0.3, 0.4) is 0 Å². The van der Waals surface area contributed by atoms with E-state index in [0.717, 1.165) is 28.9 Å². The normalized spacial score (nSPS) is 10.6. The maximum atomic E-state index is 5.91. The molecule has 20 heavy (non-hydrogen) atoms. The number of ether oxygens (including phenoxy) is 1. The lowest BCUT2D eigenvalue weighted by Gasteiger charge is -2.10. The number of halogens is 2. The molecular weight excluding hydrogens is 338 g/mol. The van der Waals surface area contributed by atoms with Gasteiger partial charge in [-0.15, -0.1) is 0 Å². The molecule has 0 bridgehead atoms. The fraction of sp³-hybridized carbons (Fsp3) is 0.250. The maximum absolute atomic E-state index is 5.91. The molecule has 2 aromatic rings. The smallest absolute Gasteiger partial charge is 0.134 e. The molecule has 0 radical (unpaired) electrons. The van der Waals surface area contributed by atoms with E-state index < -0.39 is 0 Å². The molecule has 0 amide bonds. The van der Waals surface area contributed by atoms with Crippen LogP contribution < -0.4 is 10.1 Å².